The third kappa shape index (κ3) is 3.00. The van der Waals surface area contributed by atoms with E-state index in [9.17, 15) is 4.79 Å². The van der Waals surface area contributed by atoms with Crippen LogP contribution in [0.3, 0.4) is 0 Å². The van der Waals surface area contributed by atoms with Gasteiger partial charge < -0.3 is 9.42 Å². The van der Waals surface area contributed by atoms with Crippen molar-refractivity contribution in [1.82, 2.24) is 20.0 Å². The van der Waals surface area contributed by atoms with E-state index in [1.54, 1.807) is 13.0 Å². The summed E-state index contributed by atoms with van der Waals surface area (Å²) in [6, 6.07) is 5.38. The molecule has 1 atom stereocenters. The van der Waals surface area contributed by atoms with Gasteiger partial charge in [0.15, 0.2) is 5.82 Å². The number of carbonyl (C=O) groups excluding carboxylic acids is 1. The molecule has 2 aromatic heterocycles. The minimum atomic E-state index is -0.130. The predicted molar refractivity (Wildman–Crippen MR) is 80.3 cm³/mol. The van der Waals surface area contributed by atoms with Crippen LogP contribution in [0.25, 0.3) is 0 Å². The Bertz CT molecular complexity index is 668. The van der Waals surface area contributed by atoms with Crippen molar-refractivity contribution >= 4 is 5.91 Å². The van der Waals surface area contributed by atoms with E-state index in [0.29, 0.717) is 24.0 Å². The predicted octanol–water partition coefficient (Wildman–Crippen LogP) is 2.84. The second-order valence-corrected chi connectivity index (χ2v) is 5.70. The standard InChI is InChI=1S/C16H20N4O2/c1-11-7-6-8-13(17-11)16(21)20-10-5-3-4-9-14(20)15-18-12(2)22-19-15/h6-8,14H,3-5,9-10H2,1-2H3/t14-/m1/s1. The fraction of sp³-hybridized carbons (Fsp3) is 0.500. The van der Waals surface area contributed by atoms with Gasteiger partial charge in [0.05, 0.1) is 6.04 Å². The smallest absolute Gasteiger partial charge is 0.273 e. The third-order valence-corrected chi connectivity index (χ3v) is 3.96. The van der Waals surface area contributed by atoms with Crippen LogP contribution in [0, 0.1) is 13.8 Å². The molecule has 0 aromatic carbocycles. The number of carbonyl (C=O) groups is 1. The molecule has 3 heterocycles. The minimum Gasteiger partial charge on any atom is -0.340 e. The lowest BCUT2D eigenvalue weighted by molar-refractivity contribution is 0.0664. The lowest BCUT2D eigenvalue weighted by atomic mass is 10.1. The molecule has 3 rings (SSSR count). The summed E-state index contributed by atoms with van der Waals surface area (Å²) >= 11 is 0. The lowest BCUT2D eigenvalue weighted by Crippen LogP contribution is -2.36. The van der Waals surface area contributed by atoms with E-state index in [1.165, 1.54) is 0 Å². The first kappa shape index (κ1) is 14.7. The van der Waals surface area contributed by atoms with Gasteiger partial charge in [-0.05, 0) is 31.9 Å². The van der Waals surface area contributed by atoms with Gasteiger partial charge in [-0.1, -0.05) is 24.1 Å². The van der Waals surface area contributed by atoms with Crippen LogP contribution in [0.4, 0.5) is 0 Å². The van der Waals surface area contributed by atoms with E-state index in [2.05, 4.69) is 15.1 Å². The zero-order chi connectivity index (χ0) is 15.5. The number of nitrogens with zero attached hydrogens (tertiary/aromatic N) is 4. The van der Waals surface area contributed by atoms with E-state index in [0.717, 1.165) is 31.4 Å². The molecule has 0 radical (unpaired) electrons. The first-order chi connectivity index (χ1) is 10.6. The number of likely N-dealkylation sites (tertiary alicyclic amines) is 1. The number of aryl methyl sites for hydroxylation is 2. The van der Waals surface area contributed by atoms with Crippen LogP contribution in [0.15, 0.2) is 22.7 Å². The van der Waals surface area contributed by atoms with Gasteiger partial charge in [0.25, 0.3) is 5.91 Å². The van der Waals surface area contributed by atoms with E-state index in [4.69, 9.17) is 4.52 Å². The molecular weight excluding hydrogens is 280 g/mol. The molecule has 6 heteroatoms. The quantitative estimate of drug-likeness (QED) is 0.852. The van der Waals surface area contributed by atoms with E-state index >= 15 is 0 Å². The summed E-state index contributed by atoms with van der Waals surface area (Å²) in [4.78, 5) is 23.4. The molecule has 116 valence electrons. The van der Waals surface area contributed by atoms with Crippen LogP contribution in [0.5, 0.6) is 0 Å². The van der Waals surface area contributed by atoms with Crippen molar-refractivity contribution in [1.29, 1.82) is 0 Å². The number of pyridine rings is 1. The summed E-state index contributed by atoms with van der Waals surface area (Å²) in [5.41, 5.74) is 1.32. The van der Waals surface area contributed by atoms with Crippen molar-refractivity contribution in [3.05, 3.63) is 41.3 Å². The summed E-state index contributed by atoms with van der Waals surface area (Å²) in [6.07, 6.45) is 4.02. The van der Waals surface area contributed by atoms with Crippen molar-refractivity contribution in [2.45, 2.75) is 45.6 Å². The zero-order valence-corrected chi connectivity index (χ0v) is 13.0. The van der Waals surface area contributed by atoms with Gasteiger partial charge in [-0.2, -0.15) is 4.98 Å². The Kier molecular flexibility index (Phi) is 4.18. The highest BCUT2D eigenvalue weighted by atomic mass is 16.5. The average Bonchev–Trinajstić information content (AvgIpc) is 2.80. The first-order valence-corrected chi connectivity index (χ1v) is 7.70. The van der Waals surface area contributed by atoms with Crippen molar-refractivity contribution in [2.24, 2.45) is 0 Å². The topological polar surface area (TPSA) is 72.1 Å². The number of hydrogen-bond donors (Lipinski definition) is 0. The second kappa shape index (κ2) is 6.25. The van der Waals surface area contributed by atoms with E-state index in [1.807, 2.05) is 24.0 Å². The maximum Gasteiger partial charge on any atom is 0.273 e. The number of hydrogen-bond acceptors (Lipinski definition) is 5. The third-order valence-electron chi connectivity index (χ3n) is 3.96. The van der Waals surface area contributed by atoms with Crippen LogP contribution < -0.4 is 0 Å². The number of rotatable bonds is 2. The molecule has 6 nitrogen and oxygen atoms in total. The largest absolute Gasteiger partial charge is 0.340 e. The van der Waals surface area contributed by atoms with Gasteiger partial charge in [0.1, 0.15) is 5.69 Å². The minimum absolute atomic E-state index is 0.0574. The van der Waals surface area contributed by atoms with Crippen molar-refractivity contribution in [3.8, 4) is 0 Å². The monoisotopic (exact) mass is 300 g/mol. The highest BCUT2D eigenvalue weighted by Crippen LogP contribution is 2.29. The van der Waals surface area contributed by atoms with Gasteiger partial charge in [0.2, 0.25) is 5.89 Å². The Morgan fingerprint density at radius 3 is 2.82 bits per heavy atom. The van der Waals surface area contributed by atoms with Gasteiger partial charge >= 0.3 is 0 Å². The highest BCUT2D eigenvalue weighted by molar-refractivity contribution is 5.92. The Morgan fingerprint density at radius 1 is 1.23 bits per heavy atom. The summed E-state index contributed by atoms with van der Waals surface area (Å²) in [5, 5.41) is 4.02. The van der Waals surface area contributed by atoms with Gasteiger partial charge in [-0.25, -0.2) is 4.98 Å². The Labute approximate surface area is 129 Å². The summed E-state index contributed by atoms with van der Waals surface area (Å²) in [6.45, 7) is 4.35. The molecule has 1 amide bonds. The van der Waals surface area contributed by atoms with E-state index in [-0.39, 0.29) is 11.9 Å². The SMILES string of the molecule is Cc1cccc(C(=O)N2CCCCC[C@@H]2c2noc(C)n2)n1. The van der Waals surface area contributed by atoms with Crippen molar-refractivity contribution in [3.63, 3.8) is 0 Å². The first-order valence-electron chi connectivity index (χ1n) is 7.70. The number of aromatic nitrogens is 3. The van der Waals surface area contributed by atoms with Crippen LogP contribution in [-0.2, 0) is 0 Å². The maximum absolute atomic E-state index is 12.9. The summed E-state index contributed by atoms with van der Waals surface area (Å²) < 4.78 is 5.10. The van der Waals surface area contributed by atoms with Gasteiger partial charge in [0, 0.05) is 19.2 Å². The highest BCUT2D eigenvalue weighted by Gasteiger charge is 2.31. The summed E-state index contributed by atoms with van der Waals surface area (Å²) in [5.74, 6) is 1.07. The Hall–Kier alpha value is -2.24. The molecule has 1 aliphatic heterocycles. The molecule has 0 spiro atoms. The van der Waals surface area contributed by atoms with Crippen molar-refractivity contribution < 1.29 is 9.32 Å². The molecule has 0 N–H and O–H groups in total. The fourth-order valence-corrected chi connectivity index (χ4v) is 2.88. The lowest BCUT2D eigenvalue weighted by Gasteiger charge is -2.27. The average molecular weight is 300 g/mol. The normalized spacial score (nSPS) is 19.0. The molecule has 2 aromatic rings. The molecule has 1 fully saturated rings. The second-order valence-electron chi connectivity index (χ2n) is 5.70. The van der Waals surface area contributed by atoms with Crippen LogP contribution in [0.1, 0.15) is 59.6 Å². The molecule has 0 bridgehead atoms. The molecule has 0 saturated carbocycles. The Morgan fingerprint density at radius 2 is 2.09 bits per heavy atom. The van der Waals surface area contributed by atoms with E-state index < -0.39 is 0 Å². The maximum atomic E-state index is 12.9. The van der Waals surface area contributed by atoms with Crippen LogP contribution >= 0.6 is 0 Å². The fourth-order valence-electron chi connectivity index (χ4n) is 2.88. The molecule has 1 aliphatic rings. The molecule has 0 aliphatic carbocycles. The molecule has 1 saturated heterocycles. The molecule has 0 unspecified atom stereocenters. The summed E-state index contributed by atoms with van der Waals surface area (Å²) in [7, 11) is 0. The zero-order valence-electron chi connectivity index (χ0n) is 13.0. The van der Waals surface area contributed by atoms with Gasteiger partial charge in [-0.15, -0.1) is 0 Å². The van der Waals surface area contributed by atoms with Crippen LogP contribution in [0.2, 0.25) is 0 Å². The molecular formula is C16H20N4O2. The van der Waals surface area contributed by atoms with Crippen molar-refractivity contribution in [2.75, 3.05) is 6.54 Å². The van der Waals surface area contributed by atoms with Crippen LogP contribution in [-0.4, -0.2) is 32.5 Å². The van der Waals surface area contributed by atoms with Gasteiger partial charge in [-0.3, -0.25) is 4.79 Å². The number of amides is 1. The molecule has 22 heavy (non-hydrogen) atoms. The Balaban J connectivity index is 1.91.